The lowest BCUT2D eigenvalue weighted by molar-refractivity contribution is -0.139. The number of amides is 1. The number of halogens is 1. The number of hydrogen-bond acceptors (Lipinski definition) is 7. The first-order valence-corrected chi connectivity index (χ1v) is 14.0. The molecule has 1 aliphatic carbocycles. The van der Waals surface area contributed by atoms with Crippen molar-refractivity contribution in [1.82, 2.24) is 24.4 Å². The van der Waals surface area contributed by atoms with Crippen molar-refractivity contribution in [2.24, 2.45) is 5.41 Å². The maximum atomic E-state index is 14.1. The van der Waals surface area contributed by atoms with E-state index in [-0.39, 0.29) is 36.1 Å². The predicted molar refractivity (Wildman–Crippen MR) is 154 cm³/mol. The summed E-state index contributed by atoms with van der Waals surface area (Å²) in [7, 11) is 0. The Morgan fingerprint density at radius 3 is 2.80 bits per heavy atom. The molecular weight excluding hydrogens is 572 g/mol. The molecule has 2 aliphatic rings. The van der Waals surface area contributed by atoms with Crippen molar-refractivity contribution >= 4 is 55.4 Å². The summed E-state index contributed by atoms with van der Waals surface area (Å²) in [6.07, 6.45) is 4.83. The Morgan fingerprint density at radius 1 is 1.18 bits per heavy atom. The van der Waals surface area contributed by atoms with E-state index in [1.807, 2.05) is 58.9 Å². The summed E-state index contributed by atoms with van der Waals surface area (Å²) in [5, 5.41) is 1.56. The highest BCUT2D eigenvalue weighted by Gasteiger charge is 2.64. The highest BCUT2D eigenvalue weighted by molar-refractivity contribution is 9.10. The van der Waals surface area contributed by atoms with Gasteiger partial charge in [-0.3, -0.25) is 9.59 Å². The van der Waals surface area contributed by atoms with E-state index in [0.29, 0.717) is 33.6 Å². The molecule has 9 nitrogen and oxygen atoms in total. The number of aromatic nitrogens is 4. The molecule has 10 heteroatoms. The van der Waals surface area contributed by atoms with Gasteiger partial charge in [-0.2, -0.15) is 0 Å². The van der Waals surface area contributed by atoms with Gasteiger partial charge >= 0.3 is 0 Å². The smallest absolute Gasteiger partial charge is 0.243 e. The zero-order valence-electron chi connectivity index (χ0n) is 22.1. The lowest BCUT2D eigenvalue weighted by Gasteiger charge is -2.27. The number of nitrogens with two attached hydrogens (primary N) is 1. The molecule has 1 aromatic carbocycles. The van der Waals surface area contributed by atoms with Crippen LogP contribution in [-0.4, -0.2) is 48.2 Å². The van der Waals surface area contributed by atoms with Gasteiger partial charge in [0.25, 0.3) is 0 Å². The molecular formula is C30H27BrN6O3. The number of carbonyl (C=O) groups is 2. The summed E-state index contributed by atoms with van der Waals surface area (Å²) < 4.78 is 8.25. The molecule has 4 aromatic heterocycles. The molecule has 1 saturated heterocycles. The molecule has 1 amide bonds. The minimum Gasteiger partial charge on any atom is -0.464 e. The summed E-state index contributed by atoms with van der Waals surface area (Å²) in [6, 6.07) is 12.9. The van der Waals surface area contributed by atoms with Gasteiger partial charge in [-0.25, -0.2) is 15.0 Å². The van der Waals surface area contributed by atoms with Crippen LogP contribution in [0, 0.1) is 12.3 Å². The topological polar surface area (TPSA) is 120 Å². The van der Waals surface area contributed by atoms with Crippen LogP contribution < -0.4 is 5.73 Å². The van der Waals surface area contributed by atoms with Crippen molar-refractivity contribution in [2.45, 2.75) is 51.7 Å². The number of ketones is 1. The second-order valence-corrected chi connectivity index (χ2v) is 12.0. The van der Waals surface area contributed by atoms with E-state index in [2.05, 4.69) is 37.8 Å². The molecule has 0 radical (unpaired) electrons. The molecule has 3 atom stereocenters. The molecule has 2 fully saturated rings. The van der Waals surface area contributed by atoms with Gasteiger partial charge in [0.1, 0.15) is 34.7 Å². The standard InChI is InChI=1S/C30H27BrN6O3/c1-16-9-17(22-6-4-8-40-22)10-19-26-28(32)33-15-34-29(26)36(27(16)19)14-25(39)37-20(12-30(2)13-23(30)37)21(38)11-18-5-3-7-24(31)35-18/h3-10,15,20,23H,11-14H2,1-2H3,(H2,32,33,34)/t20-,23+,30-/m0/s1. The van der Waals surface area contributed by atoms with Crippen molar-refractivity contribution in [3.05, 3.63) is 70.9 Å². The monoisotopic (exact) mass is 598 g/mol. The van der Waals surface area contributed by atoms with Crippen LogP contribution in [0.2, 0.25) is 0 Å². The van der Waals surface area contributed by atoms with Gasteiger partial charge in [0, 0.05) is 22.7 Å². The van der Waals surface area contributed by atoms with Crippen LogP contribution in [0.5, 0.6) is 0 Å². The molecule has 0 spiro atoms. The Hall–Kier alpha value is -4.05. The van der Waals surface area contributed by atoms with Gasteiger partial charge in [-0.1, -0.05) is 13.0 Å². The van der Waals surface area contributed by atoms with Crippen LogP contribution >= 0.6 is 15.9 Å². The highest BCUT2D eigenvalue weighted by atomic mass is 79.9. The summed E-state index contributed by atoms with van der Waals surface area (Å²) in [4.78, 5) is 42.7. The number of anilines is 1. The molecule has 1 saturated carbocycles. The van der Waals surface area contributed by atoms with Crippen molar-refractivity contribution < 1.29 is 14.0 Å². The molecule has 40 heavy (non-hydrogen) atoms. The molecule has 5 heterocycles. The Balaban J connectivity index is 1.27. The quantitative estimate of drug-likeness (QED) is 0.270. The van der Waals surface area contributed by atoms with Crippen LogP contribution in [0.4, 0.5) is 5.82 Å². The number of carbonyl (C=O) groups excluding carboxylic acids is 2. The fraction of sp³-hybridized carbons (Fsp3) is 0.300. The number of benzene rings is 1. The second-order valence-electron chi connectivity index (χ2n) is 11.2. The van der Waals surface area contributed by atoms with Gasteiger partial charge in [0.15, 0.2) is 5.78 Å². The van der Waals surface area contributed by atoms with Crippen molar-refractivity contribution in [1.29, 1.82) is 0 Å². The van der Waals surface area contributed by atoms with Gasteiger partial charge < -0.3 is 19.6 Å². The zero-order valence-corrected chi connectivity index (χ0v) is 23.7. The number of piperidine rings is 1. The number of furan rings is 1. The number of Topliss-reactive ketones (excluding diaryl/α,β-unsaturated/α-hetero) is 1. The van der Waals surface area contributed by atoms with Gasteiger partial charge in [-0.05, 0) is 83.1 Å². The van der Waals surface area contributed by atoms with Crippen LogP contribution in [0.1, 0.15) is 31.0 Å². The average Bonchev–Trinajstić information content (AvgIpc) is 3.29. The first kappa shape index (κ1) is 25.0. The largest absolute Gasteiger partial charge is 0.464 e. The summed E-state index contributed by atoms with van der Waals surface area (Å²) >= 11 is 3.38. The van der Waals surface area contributed by atoms with Gasteiger partial charge in [-0.15, -0.1) is 0 Å². The van der Waals surface area contributed by atoms with Crippen LogP contribution in [-0.2, 0) is 22.6 Å². The Labute approximate surface area is 238 Å². The Morgan fingerprint density at radius 2 is 2.02 bits per heavy atom. The number of fused-ring (bicyclic) bond motifs is 4. The summed E-state index contributed by atoms with van der Waals surface area (Å²) in [5.41, 5.74) is 10.3. The third-order valence-corrected chi connectivity index (χ3v) is 8.92. The van der Waals surface area contributed by atoms with E-state index in [1.54, 1.807) is 6.26 Å². The average molecular weight is 599 g/mol. The van der Waals surface area contributed by atoms with Gasteiger partial charge in [0.05, 0.1) is 29.6 Å². The van der Waals surface area contributed by atoms with Crippen molar-refractivity contribution in [2.75, 3.05) is 5.73 Å². The number of hydrogen-bond donors (Lipinski definition) is 1. The van der Waals surface area contributed by atoms with E-state index in [4.69, 9.17) is 10.2 Å². The maximum Gasteiger partial charge on any atom is 0.243 e. The number of nitrogens with zero attached hydrogens (tertiary/aromatic N) is 5. The summed E-state index contributed by atoms with van der Waals surface area (Å²) in [5.74, 6) is 1.00. The van der Waals surface area contributed by atoms with Crippen molar-refractivity contribution in [3.63, 3.8) is 0 Å². The highest BCUT2D eigenvalue weighted by Crippen LogP contribution is 2.59. The molecule has 0 bridgehead atoms. The summed E-state index contributed by atoms with van der Waals surface area (Å²) in [6.45, 7) is 4.21. The zero-order chi connectivity index (χ0) is 27.8. The van der Waals surface area contributed by atoms with E-state index in [9.17, 15) is 9.59 Å². The SMILES string of the molecule is Cc1cc(-c2ccco2)cc2c3c(N)ncnc3n(CC(=O)N3[C@H](C(=O)Cc4cccc(Br)n4)C[C@@]4(C)C[C@@H]34)c12. The molecule has 2 N–H and O–H groups in total. The maximum absolute atomic E-state index is 14.1. The first-order valence-electron chi connectivity index (χ1n) is 13.3. The minimum absolute atomic E-state index is 0.0143. The number of nitrogen functional groups attached to an aromatic ring is 1. The lowest BCUT2D eigenvalue weighted by Crippen LogP contribution is -2.45. The van der Waals surface area contributed by atoms with Crippen LogP contribution in [0.3, 0.4) is 0 Å². The lowest BCUT2D eigenvalue weighted by atomic mass is 9.97. The first-order chi connectivity index (χ1) is 19.2. The number of rotatable bonds is 6. The normalized spacial score (nSPS) is 21.7. The number of likely N-dealkylation sites (tertiary alicyclic amines) is 1. The van der Waals surface area contributed by atoms with E-state index < -0.39 is 6.04 Å². The predicted octanol–water partition coefficient (Wildman–Crippen LogP) is 5.08. The Bertz CT molecular complexity index is 1830. The third kappa shape index (κ3) is 3.92. The van der Waals surface area contributed by atoms with Gasteiger partial charge in [0.2, 0.25) is 5.91 Å². The number of aryl methyl sites for hydroxylation is 1. The molecule has 5 aromatic rings. The van der Waals surface area contributed by atoms with E-state index in [1.165, 1.54) is 6.33 Å². The molecule has 7 rings (SSSR count). The minimum atomic E-state index is -0.475. The second kappa shape index (κ2) is 8.99. The molecule has 1 aliphatic heterocycles. The van der Waals surface area contributed by atoms with Crippen LogP contribution in [0.15, 0.2) is 64.1 Å². The fourth-order valence-electron chi connectivity index (χ4n) is 6.50. The third-order valence-electron chi connectivity index (χ3n) is 8.47. The number of pyridine rings is 1. The molecule has 202 valence electrons. The van der Waals surface area contributed by atoms with E-state index in [0.717, 1.165) is 34.2 Å². The fourth-order valence-corrected chi connectivity index (χ4v) is 6.88. The van der Waals surface area contributed by atoms with E-state index >= 15 is 0 Å². The molecule has 0 unspecified atom stereocenters. The van der Waals surface area contributed by atoms with Crippen LogP contribution in [0.25, 0.3) is 33.3 Å². The van der Waals surface area contributed by atoms with Crippen molar-refractivity contribution in [3.8, 4) is 11.3 Å². The Kier molecular flexibility index (Phi) is 5.61.